The molecule has 0 atom stereocenters. The predicted octanol–water partition coefficient (Wildman–Crippen LogP) is 3.87. The van der Waals surface area contributed by atoms with E-state index in [1.807, 2.05) is 13.0 Å². The molecule has 62 valence electrons. The summed E-state index contributed by atoms with van der Waals surface area (Å²) < 4.78 is 0. The fourth-order valence-corrected chi connectivity index (χ4v) is 0.985. The summed E-state index contributed by atoms with van der Waals surface area (Å²) in [5.74, 6) is 0. The minimum atomic E-state index is 1.16. The summed E-state index contributed by atoms with van der Waals surface area (Å²) in [4.78, 5) is 0. The van der Waals surface area contributed by atoms with Crippen molar-refractivity contribution < 1.29 is 0 Å². The molecule has 0 rings (SSSR count). The number of unbranched alkanes of at least 4 members (excludes halogenated alkanes) is 1. The van der Waals surface area contributed by atoms with Crippen molar-refractivity contribution in [2.45, 2.75) is 33.6 Å². The summed E-state index contributed by atoms with van der Waals surface area (Å²) in [6.45, 7) is 10.1. The summed E-state index contributed by atoms with van der Waals surface area (Å²) in [7, 11) is 0. The lowest BCUT2D eigenvalue weighted by Gasteiger charge is -1.99. The zero-order valence-electron chi connectivity index (χ0n) is 7.85. The molecule has 0 aliphatic heterocycles. The molecule has 0 heterocycles. The second-order valence-corrected chi connectivity index (χ2v) is 2.62. The Labute approximate surface area is 70.3 Å². The lowest BCUT2D eigenvalue weighted by molar-refractivity contribution is 0.950. The van der Waals surface area contributed by atoms with Gasteiger partial charge in [0.2, 0.25) is 0 Å². The third-order valence-electron chi connectivity index (χ3n) is 1.73. The van der Waals surface area contributed by atoms with Crippen molar-refractivity contribution in [3.05, 3.63) is 36.0 Å². The Morgan fingerprint density at radius 1 is 1.45 bits per heavy atom. The highest BCUT2D eigenvalue weighted by molar-refractivity contribution is 5.36. The number of allylic oxidation sites excluding steroid dienone is 5. The van der Waals surface area contributed by atoms with Crippen LogP contribution in [-0.4, -0.2) is 0 Å². The van der Waals surface area contributed by atoms with Crippen molar-refractivity contribution in [2.75, 3.05) is 0 Å². The van der Waals surface area contributed by atoms with Gasteiger partial charge in [0, 0.05) is 0 Å². The van der Waals surface area contributed by atoms with Crippen molar-refractivity contribution in [1.82, 2.24) is 0 Å². The van der Waals surface area contributed by atoms with E-state index in [9.17, 15) is 0 Å². The molecule has 0 bridgehead atoms. The van der Waals surface area contributed by atoms with Gasteiger partial charge in [-0.2, -0.15) is 0 Å². The third kappa shape index (κ3) is 3.82. The van der Waals surface area contributed by atoms with Crippen LogP contribution < -0.4 is 0 Å². The molecule has 0 radical (unpaired) electrons. The van der Waals surface area contributed by atoms with Gasteiger partial charge < -0.3 is 0 Å². The molecule has 0 aliphatic carbocycles. The van der Waals surface area contributed by atoms with E-state index >= 15 is 0 Å². The fraction of sp³-hybridized carbons (Fsp3) is 0.455. The topological polar surface area (TPSA) is 0 Å². The molecule has 0 heteroatoms. The van der Waals surface area contributed by atoms with E-state index in [4.69, 9.17) is 0 Å². The zero-order chi connectivity index (χ0) is 8.69. The Kier molecular flexibility index (Phi) is 5.54. The molecule has 0 saturated carbocycles. The third-order valence-corrected chi connectivity index (χ3v) is 1.73. The van der Waals surface area contributed by atoms with Crippen molar-refractivity contribution in [1.29, 1.82) is 0 Å². The molecular formula is C11H18. The van der Waals surface area contributed by atoms with Gasteiger partial charge >= 0.3 is 0 Å². The lowest BCUT2D eigenvalue weighted by Crippen LogP contribution is -1.79. The van der Waals surface area contributed by atoms with Crippen LogP contribution in [0, 0.1) is 0 Å². The van der Waals surface area contributed by atoms with E-state index in [1.165, 1.54) is 17.6 Å². The van der Waals surface area contributed by atoms with Crippen LogP contribution in [0.3, 0.4) is 0 Å². The molecule has 0 fully saturated rings. The Morgan fingerprint density at radius 2 is 2.09 bits per heavy atom. The average molecular weight is 150 g/mol. The summed E-state index contributed by atoms with van der Waals surface area (Å²) in [6, 6.07) is 0. The van der Waals surface area contributed by atoms with E-state index in [0.29, 0.717) is 0 Å². The maximum absolute atomic E-state index is 3.75. The van der Waals surface area contributed by atoms with Crippen molar-refractivity contribution in [2.24, 2.45) is 0 Å². The summed E-state index contributed by atoms with van der Waals surface area (Å²) >= 11 is 0. The van der Waals surface area contributed by atoms with Crippen molar-refractivity contribution in [3.63, 3.8) is 0 Å². The first kappa shape index (κ1) is 10.2. The highest BCUT2D eigenvalue weighted by Gasteiger charge is 1.90. The second-order valence-electron chi connectivity index (χ2n) is 2.62. The maximum atomic E-state index is 3.75. The zero-order valence-corrected chi connectivity index (χ0v) is 7.85. The molecule has 0 aliphatic rings. The quantitative estimate of drug-likeness (QED) is 0.534. The van der Waals surface area contributed by atoms with Gasteiger partial charge in [-0.3, -0.25) is 0 Å². The minimum Gasteiger partial charge on any atom is -0.0985 e. The van der Waals surface area contributed by atoms with Gasteiger partial charge in [-0.05, 0) is 31.4 Å². The Morgan fingerprint density at radius 3 is 2.45 bits per heavy atom. The largest absolute Gasteiger partial charge is 0.0985 e. The lowest BCUT2D eigenvalue weighted by atomic mass is 10.1. The van der Waals surface area contributed by atoms with Crippen LogP contribution in [0.5, 0.6) is 0 Å². The summed E-state index contributed by atoms with van der Waals surface area (Å²) in [5, 5.41) is 0. The highest BCUT2D eigenvalue weighted by atomic mass is 14.0. The summed E-state index contributed by atoms with van der Waals surface area (Å²) in [6.07, 6.45) is 8.63. The van der Waals surface area contributed by atoms with Gasteiger partial charge in [-0.15, -0.1) is 0 Å². The van der Waals surface area contributed by atoms with Gasteiger partial charge in [-0.1, -0.05) is 38.2 Å². The van der Waals surface area contributed by atoms with E-state index in [0.717, 1.165) is 6.42 Å². The smallest absolute Gasteiger partial charge is 0.0279 e. The van der Waals surface area contributed by atoms with E-state index in [1.54, 1.807) is 0 Å². The highest BCUT2D eigenvalue weighted by Crippen LogP contribution is 2.10. The Hall–Kier alpha value is -0.780. The van der Waals surface area contributed by atoms with Gasteiger partial charge in [0.05, 0.1) is 0 Å². The molecule has 0 unspecified atom stereocenters. The molecular weight excluding hydrogens is 132 g/mol. The van der Waals surface area contributed by atoms with E-state index < -0.39 is 0 Å². The number of hydrogen-bond acceptors (Lipinski definition) is 0. The van der Waals surface area contributed by atoms with Gasteiger partial charge in [-0.25, -0.2) is 0 Å². The molecule has 11 heavy (non-hydrogen) atoms. The van der Waals surface area contributed by atoms with Crippen LogP contribution in [0.4, 0.5) is 0 Å². The Balaban J connectivity index is 4.20. The standard InChI is InChI=1S/C11H18/c1-5-8-9-10(4)11(6-2)7-3/h6-7,9H,2,5,8H2,1,3-4H3/b10-9?,11-7+. The normalized spacial score (nSPS) is 13.4. The average Bonchev–Trinajstić information content (AvgIpc) is 2.03. The first-order chi connectivity index (χ1) is 5.26. The molecule has 0 amide bonds. The molecule has 0 aromatic carbocycles. The minimum absolute atomic E-state index is 1.16. The maximum Gasteiger partial charge on any atom is -0.0279 e. The molecule has 0 nitrogen and oxygen atoms in total. The molecule has 0 aromatic rings. The van der Waals surface area contributed by atoms with Crippen molar-refractivity contribution in [3.8, 4) is 0 Å². The first-order valence-corrected chi connectivity index (χ1v) is 4.22. The molecule has 0 N–H and O–H groups in total. The molecule has 0 aromatic heterocycles. The Bertz CT molecular complexity index is 170. The van der Waals surface area contributed by atoms with E-state index in [2.05, 4.69) is 32.6 Å². The second kappa shape index (κ2) is 5.96. The van der Waals surface area contributed by atoms with Crippen LogP contribution in [0.1, 0.15) is 33.6 Å². The van der Waals surface area contributed by atoms with Gasteiger partial charge in [0.15, 0.2) is 0 Å². The van der Waals surface area contributed by atoms with Crippen LogP contribution >= 0.6 is 0 Å². The van der Waals surface area contributed by atoms with Gasteiger partial charge in [0.25, 0.3) is 0 Å². The molecule has 0 spiro atoms. The predicted molar refractivity (Wildman–Crippen MR) is 52.6 cm³/mol. The first-order valence-electron chi connectivity index (χ1n) is 4.22. The van der Waals surface area contributed by atoms with Crippen LogP contribution in [0.2, 0.25) is 0 Å². The van der Waals surface area contributed by atoms with Crippen LogP contribution in [0.25, 0.3) is 0 Å². The fourth-order valence-electron chi connectivity index (χ4n) is 0.985. The van der Waals surface area contributed by atoms with Crippen LogP contribution in [-0.2, 0) is 0 Å². The van der Waals surface area contributed by atoms with Crippen LogP contribution in [0.15, 0.2) is 36.0 Å². The van der Waals surface area contributed by atoms with Gasteiger partial charge in [0.1, 0.15) is 0 Å². The van der Waals surface area contributed by atoms with Crippen molar-refractivity contribution >= 4 is 0 Å². The monoisotopic (exact) mass is 150 g/mol. The number of rotatable bonds is 4. The summed E-state index contributed by atoms with van der Waals surface area (Å²) in [5.41, 5.74) is 2.59. The SMILES string of the molecule is C=C/C(=C\C)C(C)=CCCC. The number of hydrogen-bond donors (Lipinski definition) is 0. The van der Waals surface area contributed by atoms with E-state index in [-0.39, 0.29) is 0 Å². The molecule has 0 saturated heterocycles.